The van der Waals surface area contributed by atoms with Gasteiger partial charge in [0.1, 0.15) is 0 Å². The van der Waals surface area contributed by atoms with Crippen LogP contribution in [0.25, 0.3) is 10.4 Å². The monoisotopic (exact) mass is 191 g/mol. The highest BCUT2D eigenvalue weighted by Gasteiger charge is 1.97. The van der Waals surface area contributed by atoms with Crippen LogP contribution in [0.2, 0.25) is 0 Å². The van der Waals surface area contributed by atoms with Gasteiger partial charge in [0.05, 0.1) is 0 Å². The van der Waals surface area contributed by atoms with Crippen molar-refractivity contribution in [3.05, 3.63) is 45.8 Å². The van der Waals surface area contributed by atoms with Crippen LogP contribution in [-0.2, 0) is 6.42 Å². The van der Waals surface area contributed by atoms with E-state index in [0.29, 0.717) is 5.92 Å². The summed E-state index contributed by atoms with van der Waals surface area (Å²) in [4.78, 5) is 1.75. The zero-order chi connectivity index (χ0) is 11.0. The van der Waals surface area contributed by atoms with Gasteiger partial charge < -0.3 is 0 Å². The Labute approximate surface area is 85.2 Å². The van der Waals surface area contributed by atoms with E-state index < -0.39 is 0 Å². The van der Waals surface area contributed by atoms with E-state index in [2.05, 4.69) is 45.0 Å². The van der Waals surface area contributed by atoms with E-state index in [9.17, 15) is 0 Å². The molecule has 0 atom stereocenters. The molecule has 3 heteroatoms. The summed E-state index contributed by atoms with van der Waals surface area (Å²) >= 11 is 0. The lowest BCUT2D eigenvalue weighted by atomic mass is 10.0. The Morgan fingerprint density at radius 1 is 1.43 bits per heavy atom. The number of nitrogens with zero attached hydrogens (tertiary/aromatic N) is 2. The molecule has 0 radical (unpaired) electrons. The Morgan fingerprint density at radius 2 is 2.00 bits per heavy atom. The summed E-state index contributed by atoms with van der Waals surface area (Å²) in [6.07, 6.45) is 1.14. The Morgan fingerprint density at radius 3 is 2.43 bits per heavy atom. The second kappa shape index (κ2) is 6.98. The fourth-order valence-electron chi connectivity index (χ4n) is 1.17. The van der Waals surface area contributed by atoms with Gasteiger partial charge >= 0.3 is 0 Å². The molecular formula is C11H17N3. The Hall–Kier alpha value is -1.47. The average Bonchev–Trinajstić information content (AvgIpc) is 2.19. The molecule has 0 bridgehead atoms. The van der Waals surface area contributed by atoms with Gasteiger partial charge in [0.2, 0.25) is 0 Å². The molecule has 0 saturated carbocycles. The van der Waals surface area contributed by atoms with Crippen molar-refractivity contribution in [3.63, 3.8) is 0 Å². The van der Waals surface area contributed by atoms with Crippen molar-refractivity contribution >= 4 is 0 Å². The highest BCUT2D eigenvalue weighted by Crippen LogP contribution is 2.15. The molecule has 0 fully saturated rings. The summed E-state index contributed by atoms with van der Waals surface area (Å²) in [5.41, 5.74) is 15.1. The van der Waals surface area contributed by atoms with E-state index in [0.717, 1.165) is 6.42 Å². The van der Waals surface area contributed by atoms with Gasteiger partial charge in [0, 0.05) is 0 Å². The summed E-state index contributed by atoms with van der Waals surface area (Å²) in [5, 5.41) is 0. The van der Waals surface area contributed by atoms with Crippen LogP contribution in [0.15, 0.2) is 24.3 Å². The maximum absolute atomic E-state index is 6.86. The maximum Gasteiger partial charge on any atom is -0.00208 e. The number of aryl methyl sites for hydroxylation is 1. The SMILES string of the molecule is CCc1cccc(C(C)C)c1.[N-]=[N+]=N. The van der Waals surface area contributed by atoms with Crippen LogP contribution in [0, 0.1) is 5.53 Å². The lowest BCUT2D eigenvalue weighted by Gasteiger charge is -2.05. The first-order valence-electron chi connectivity index (χ1n) is 4.75. The minimum atomic E-state index is 0.654. The number of hydrogen-bond acceptors (Lipinski definition) is 1. The first-order valence-corrected chi connectivity index (χ1v) is 4.75. The maximum atomic E-state index is 6.86. The standard InChI is InChI=1S/C11H16.HN3/c1-4-10-6-5-7-11(8-10)9(2)3;1-3-2/h5-9H,4H2,1-3H3;1H. The van der Waals surface area contributed by atoms with Gasteiger partial charge in [-0.2, -0.15) is 0 Å². The summed E-state index contributed by atoms with van der Waals surface area (Å²) in [6.45, 7) is 6.66. The second-order valence-corrected chi connectivity index (χ2v) is 3.35. The van der Waals surface area contributed by atoms with Crippen LogP contribution in [0.1, 0.15) is 37.8 Å². The predicted octanol–water partition coefficient (Wildman–Crippen LogP) is 4.25. The Bertz CT molecular complexity index is 299. The molecule has 0 aliphatic carbocycles. The largest absolute Gasteiger partial charge is 0.108 e. The first-order chi connectivity index (χ1) is 6.65. The minimum absolute atomic E-state index is 0.654. The van der Waals surface area contributed by atoms with Gasteiger partial charge in [-0.25, -0.2) is 0 Å². The van der Waals surface area contributed by atoms with Crippen molar-refractivity contribution in [2.75, 3.05) is 0 Å². The molecule has 1 rings (SSSR count). The van der Waals surface area contributed by atoms with E-state index in [4.69, 9.17) is 11.1 Å². The summed E-state index contributed by atoms with van der Waals surface area (Å²) in [5.74, 6) is 0.654. The number of hydrogen-bond donors (Lipinski definition) is 1. The topological polar surface area (TPSA) is 60.3 Å². The van der Waals surface area contributed by atoms with Crippen LogP contribution in [-0.4, -0.2) is 0 Å². The quantitative estimate of drug-likeness (QED) is 0.413. The molecule has 14 heavy (non-hydrogen) atoms. The van der Waals surface area contributed by atoms with Gasteiger partial charge in [-0.3, -0.25) is 0 Å². The smallest absolute Gasteiger partial charge is 0.00208 e. The molecule has 0 spiro atoms. The van der Waals surface area contributed by atoms with E-state index in [1.165, 1.54) is 11.1 Å². The Balaban J connectivity index is 0.000000500. The minimum Gasteiger partial charge on any atom is -0.108 e. The van der Waals surface area contributed by atoms with Gasteiger partial charge in [-0.05, 0) is 33.9 Å². The number of benzene rings is 1. The zero-order valence-corrected chi connectivity index (χ0v) is 8.99. The first kappa shape index (κ1) is 12.5. The molecule has 1 aromatic rings. The third-order valence-electron chi connectivity index (χ3n) is 2.03. The summed E-state index contributed by atoms with van der Waals surface area (Å²) in [6, 6.07) is 8.83. The lowest BCUT2D eigenvalue weighted by Crippen LogP contribution is -1.88. The molecule has 0 amide bonds. The van der Waals surface area contributed by atoms with Crippen molar-refractivity contribution in [2.45, 2.75) is 33.1 Å². The molecule has 0 aliphatic rings. The predicted molar refractivity (Wildman–Crippen MR) is 59.3 cm³/mol. The molecule has 1 N–H and O–H groups in total. The van der Waals surface area contributed by atoms with Gasteiger partial charge in [-0.1, -0.05) is 45.0 Å². The number of nitrogens with one attached hydrogen (secondary N) is 1. The molecule has 0 heterocycles. The highest BCUT2D eigenvalue weighted by atomic mass is 15.0. The molecule has 0 saturated heterocycles. The van der Waals surface area contributed by atoms with E-state index in [1.807, 2.05) is 0 Å². The molecular weight excluding hydrogens is 174 g/mol. The average molecular weight is 191 g/mol. The van der Waals surface area contributed by atoms with Crippen LogP contribution in [0.5, 0.6) is 0 Å². The van der Waals surface area contributed by atoms with Crippen LogP contribution in [0.4, 0.5) is 0 Å². The van der Waals surface area contributed by atoms with Crippen molar-refractivity contribution in [1.82, 2.24) is 0 Å². The highest BCUT2D eigenvalue weighted by molar-refractivity contribution is 5.25. The van der Waals surface area contributed by atoms with Crippen LogP contribution >= 0.6 is 0 Å². The van der Waals surface area contributed by atoms with Crippen molar-refractivity contribution in [1.29, 1.82) is 5.53 Å². The molecule has 0 unspecified atom stereocenters. The number of rotatable bonds is 2. The van der Waals surface area contributed by atoms with Crippen molar-refractivity contribution in [2.24, 2.45) is 0 Å². The second-order valence-electron chi connectivity index (χ2n) is 3.35. The lowest BCUT2D eigenvalue weighted by molar-refractivity contribution is 0.862. The van der Waals surface area contributed by atoms with Crippen molar-refractivity contribution in [3.8, 4) is 0 Å². The fraction of sp³-hybridized carbons (Fsp3) is 0.455. The van der Waals surface area contributed by atoms with Crippen LogP contribution < -0.4 is 0 Å². The zero-order valence-electron chi connectivity index (χ0n) is 8.99. The van der Waals surface area contributed by atoms with E-state index in [-0.39, 0.29) is 0 Å². The van der Waals surface area contributed by atoms with Gasteiger partial charge in [0.25, 0.3) is 0 Å². The summed E-state index contributed by atoms with van der Waals surface area (Å²) in [7, 11) is 0. The van der Waals surface area contributed by atoms with Crippen LogP contribution in [0.3, 0.4) is 0 Å². The Kier molecular flexibility index (Phi) is 6.25. The summed E-state index contributed by atoms with van der Waals surface area (Å²) < 4.78 is 0. The molecule has 0 aliphatic heterocycles. The normalized spacial score (nSPS) is 8.86. The third-order valence-corrected chi connectivity index (χ3v) is 2.03. The van der Waals surface area contributed by atoms with E-state index >= 15 is 0 Å². The molecule has 0 aromatic heterocycles. The van der Waals surface area contributed by atoms with E-state index in [1.54, 1.807) is 4.91 Å². The fourth-order valence-corrected chi connectivity index (χ4v) is 1.17. The van der Waals surface area contributed by atoms with Gasteiger partial charge in [-0.15, -0.1) is 5.53 Å². The third kappa shape index (κ3) is 4.53. The molecule has 3 nitrogen and oxygen atoms in total. The van der Waals surface area contributed by atoms with Gasteiger partial charge in [0.15, 0.2) is 0 Å². The molecule has 1 aromatic carbocycles. The molecule has 76 valence electrons. The van der Waals surface area contributed by atoms with Crippen molar-refractivity contribution < 1.29 is 0 Å².